The lowest BCUT2D eigenvalue weighted by atomic mass is 10.1. The first-order valence-corrected chi connectivity index (χ1v) is 9.25. The van der Waals surface area contributed by atoms with Crippen molar-refractivity contribution < 1.29 is 19.1 Å². The van der Waals surface area contributed by atoms with E-state index in [4.69, 9.17) is 4.74 Å². The number of hydrogen-bond acceptors (Lipinski definition) is 5. The summed E-state index contributed by atoms with van der Waals surface area (Å²) in [6.07, 6.45) is 1.27. The summed E-state index contributed by atoms with van der Waals surface area (Å²) in [7, 11) is 3.32. The fourth-order valence-electron chi connectivity index (χ4n) is 2.73. The van der Waals surface area contributed by atoms with Gasteiger partial charge < -0.3 is 19.9 Å². The number of nitrogens with one attached hydrogen (secondary N) is 1. The van der Waals surface area contributed by atoms with Gasteiger partial charge in [0.25, 0.3) is 0 Å². The third-order valence-corrected chi connectivity index (χ3v) is 4.18. The third-order valence-electron chi connectivity index (χ3n) is 4.18. The van der Waals surface area contributed by atoms with Crippen LogP contribution in [0.1, 0.15) is 40.5 Å². The van der Waals surface area contributed by atoms with E-state index in [1.54, 1.807) is 19.0 Å². The van der Waals surface area contributed by atoms with Crippen molar-refractivity contribution in [3.05, 3.63) is 0 Å². The van der Waals surface area contributed by atoms with Crippen LogP contribution in [0.2, 0.25) is 0 Å². The number of ether oxygens (including phenoxy) is 1. The molecule has 0 bridgehead atoms. The molecule has 1 saturated heterocycles. The molecule has 0 unspecified atom stereocenters. The molecule has 1 aliphatic heterocycles. The molecule has 0 aromatic carbocycles. The van der Waals surface area contributed by atoms with Gasteiger partial charge in [-0.25, -0.2) is 4.79 Å². The summed E-state index contributed by atoms with van der Waals surface area (Å²) >= 11 is 0. The summed E-state index contributed by atoms with van der Waals surface area (Å²) < 4.78 is 5.40. The molecule has 0 aliphatic carbocycles. The minimum absolute atomic E-state index is 0.00389. The molecule has 8 nitrogen and oxygen atoms in total. The highest BCUT2D eigenvalue weighted by Crippen LogP contribution is 2.15. The SMILES string of the molecule is CCC[C@H](C(=O)NCC(=O)N(C)C)N1CCN(C(=O)OC(C)(C)C)CC1. The number of carbonyl (C=O) groups is 3. The number of likely N-dealkylation sites (N-methyl/N-ethyl adjacent to an activating group) is 1. The fraction of sp³-hybridized carbons (Fsp3) is 0.833. The van der Waals surface area contributed by atoms with E-state index < -0.39 is 5.60 Å². The van der Waals surface area contributed by atoms with Gasteiger partial charge >= 0.3 is 6.09 Å². The van der Waals surface area contributed by atoms with Gasteiger partial charge in [-0.05, 0) is 27.2 Å². The largest absolute Gasteiger partial charge is 0.444 e. The second-order valence-electron chi connectivity index (χ2n) is 7.81. The smallest absolute Gasteiger partial charge is 0.410 e. The molecule has 1 atom stereocenters. The Morgan fingerprint density at radius 1 is 1.12 bits per heavy atom. The van der Waals surface area contributed by atoms with Gasteiger partial charge in [-0.2, -0.15) is 0 Å². The van der Waals surface area contributed by atoms with Crippen LogP contribution in [0.15, 0.2) is 0 Å². The summed E-state index contributed by atoms with van der Waals surface area (Å²) in [4.78, 5) is 41.6. The number of piperazine rings is 1. The van der Waals surface area contributed by atoms with E-state index in [1.165, 1.54) is 4.90 Å². The fourth-order valence-corrected chi connectivity index (χ4v) is 2.73. The van der Waals surface area contributed by atoms with Crippen LogP contribution in [0.5, 0.6) is 0 Å². The molecular weight excluding hydrogens is 336 g/mol. The second kappa shape index (κ2) is 9.75. The zero-order valence-electron chi connectivity index (χ0n) is 17.0. The van der Waals surface area contributed by atoms with Crippen molar-refractivity contribution in [2.45, 2.75) is 52.2 Å². The summed E-state index contributed by atoms with van der Waals surface area (Å²) in [5, 5.41) is 2.73. The monoisotopic (exact) mass is 370 g/mol. The van der Waals surface area contributed by atoms with Crippen molar-refractivity contribution in [3.8, 4) is 0 Å². The predicted molar refractivity (Wildman–Crippen MR) is 99.8 cm³/mol. The Bertz CT molecular complexity index is 494. The van der Waals surface area contributed by atoms with E-state index in [9.17, 15) is 14.4 Å². The summed E-state index contributed by atoms with van der Waals surface area (Å²) in [5.74, 6) is -0.267. The van der Waals surface area contributed by atoms with Crippen molar-refractivity contribution in [2.75, 3.05) is 46.8 Å². The minimum atomic E-state index is -0.516. The van der Waals surface area contributed by atoms with Crippen LogP contribution < -0.4 is 5.32 Å². The maximum atomic E-state index is 12.5. The Balaban J connectivity index is 2.58. The van der Waals surface area contributed by atoms with Gasteiger partial charge in [-0.15, -0.1) is 0 Å². The lowest BCUT2D eigenvalue weighted by molar-refractivity contribution is -0.133. The van der Waals surface area contributed by atoms with E-state index in [0.29, 0.717) is 32.6 Å². The van der Waals surface area contributed by atoms with E-state index >= 15 is 0 Å². The van der Waals surface area contributed by atoms with Crippen LogP contribution in [-0.4, -0.2) is 91.1 Å². The average molecular weight is 370 g/mol. The van der Waals surface area contributed by atoms with Gasteiger partial charge in [-0.3, -0.25) is 14.5 Å². The highest BCUT2D eigenvalue weighted by Gasteiger charge is 2.31. The average Bonchev–Trinajstić information content (AvgIpc) is 2.55. The molecule has 26 heavy (non-hydrogen) atoms. The zero-order valence-corrected chi connectivity index (χ0v) is 17.0. The van der Waals surface area contributed by atoms with E-state index in [2.05, 4.69) is 10.2 Å². The molecule has 150 valence electrons. The standard InChI is InChI=1S/C18H34N4O4/c1-7-8-14(16(24)19-13-15(23)20(5)6)21-9-11-22(12-10-21)17(25)26-18(2,3)4/h14H,7-13H2,1-6H3,(H,19,24)/t14-/m1/s1. The maximum Gasteiger partial charge on any atom is 0.410 e. The molecule has 1 N–H and O–H groups in total. The number of nitrogens with zero attached hydrogens (tertiary/aromatic N) is 3. The third kappa shape index (κ3) is 7.19. The molecule has 1 rings (SSSR count). The lowest BCUT2D eigenvalue weighted by Gasteiger charge is -2.39. The molecule has 1 fully saturated rings. The van der Waals surface area contributed by atoms with E-state index in [1.807, 2.05) is 27.7 Å². The van der Waals surface area contributed by atoms with Crippen molar-refractivity contribution in [1.29, 1.82) is 0 Å². The number of amides is 3. The molecule has 3 amide bonds. The molecule has 1 aliphatic rings. The quantitative estimate of drug-likeness (QED) is 0.752. The van der Waals surface area contributed by atoms with Crippen LogP contribution in [0.4, 0.5) is 4.79 Å². The van der Waals surface area contributed by atoms with Crippen LogP contribution >= 0.6 is 0 Å². The molecular formula is C18H34N4O4. The Morgan fingerprint density at radius 2 is 1.69 bits per heavy atom. The van der Waals surface area contributed by atoms with Crippen LogP contribution in [0.25, 0.3) is 0 Å². The normalized spacial score (nSPS) is 16.8. The van der Waals surface area contributed by atoms with Crippen LogP contribution in [0.3, 0.4) is 0 Å². The molecule has 1 heterocycles. The number of rotatable bonds is 6. The topological polar surface area (TPSA) is 82.2 Å². The van der Waals surface area contributed by atoms with Crippen molar-refractivity contribution in [3.63, 3.8) is 0 Å². The van der Waals surface area contributed by atoms with Gasteiger partial charge in [0.1, 0.15) is 5.60 Å². The molecule has 0 saturated carbocycles. The molecule has 0 radical (unpaired) electrons. The van der Waals surface area contributed by atoms with E-state index in [0.717, 1.165) is 6.42 Å². The summed E-state index contributed by atoms with van der Waals surface area (Å²) in [6, 6.07) is -0.282. The highest BCUT2D eigenvalue weighted by molar-refractivity contribution is 5.87. The van der Waals surface area contributed by atoms with Crippen molar-refractivity contribution in [2.24, 2.45) is 0 Å². The van der Waals surface area contributed by atoms with Crippen LogP contribution in [-0.2, 0) is 14.3 Å². The van der Waals surface area contributed by atoms with Gasteiger partial charge in [0.2, 0.25) is 11.8 Å². The summed E-state index contributed by atoms with van der Waals surface area (Å²) in [5.41, 5.74) is -0.516. The Labute approximate surface area is 156 Å². The number of carbonyl (C=O) groups excluding carboxylic acids is 3. The summed E-state index contributed by atoms with van der Waals surface area (Å²) in [6.45, 7) is 9.84. The first-order chi connectivity index (χ1) is 12.0. The second-order valence-corrected chi connectivity index (χ2v) is 7.81. The molecule has 8 heteroatoms. The first kappa shape index (κ1) is 22.2. The maximum absolute atomic E-state index is 12.5. The molecule has 0 aromatic rings. The lowest BCUT2D eigenvalue weighted by Crippen LogP contribution is -2.56. The van der Waals surface area contributed by atoms with Crippen molar-refractivity contribution >= 4 is 17.9 Å². The van der Waals surface area contributed by atoms with Gasteiger partial charge in [-0.1, -0.05) is 13.3 Å². The molecule has 0 aromatic heterocycles. The highest BCUT2D eigenvalue weighted by atomic mass is 16.6. The van der Waals surface area contributed by atoms with E-state index in [-0.39, 0.29) is 30.5 Å². The number of hydrogen-bond donors (Lipinski definition) is 1. The Morgan fingerprint density at radius 3 is 2.15 bits per heavy atom. The molecule has 0 spiro atoms. The van der Waals surface area contributed by atoms with Gasteiger partial charge in [0.15, 0.2) is 0 Å². The van der Waals surface area contributed by atoms with Crippen molar-refractivity contribution in [1.82, 2.24) is 20.0 Å². The predicted octanol–water partition coefficient (Wildman–Crippen LogP) is 0.912. The Kier molecular flexibility index (Phi) is 8.33. The zero-order chi connectivity index (χ0) is 19.9. The first-order valence-electron chi connectivity index (χ1n) is 9.25. The Hall–Kier alpha value is -1.83. The minimum Gasteiger partial charge on any atom is -0.444 e. The van der Waals surface area contributed by atoms with Crippen LogP contribution in [0, 0.1) is 0 Å². The van der Waals surface area contributed by atoms with Gasteiger partial charge in [0, 0.05) is 40.3 Å². The van der Waals surface area contributed by atoms with Gasteiger partial charge in [0.05, 0.1) is 12.6 Å².